The van der Waals surface area contributed by atoms with Crippen molar-refractivity contribution in [2.75, 3.05) is 0 Å². The first-order chi connectivity index (χ1) is 11.2. The maximum absolute atomic E-state index is 13.0. The molecule has 0 fully saturated rings. The first-order valence-corrected chi connectivity index (χ1v) is 7.05. The van der Waals surface area contributed by atoms with Crippen molar-refractivity contribution >= 4 is 21.8 Å². The van der Waals surface area contributed by atoms with Gasteiger partial charge < -0.3 is 9.72 Å². The number of H-pyrrole nitrogens is 1. The molecule has 0 saturated carbocycles. The number of fused-ring (bicyclic) bond motifs is 3. The number of nitrogens with one attached hydrogen (secondary N) is 1. The second kappa shape index (κ2) is 5.21. The van der Waals surface area contributed by atoms with Crippen LogP contribution in [0.1, 0.15) is 0 Å². The number of hydrogen-bond donors (Lipinski definition) is 1. The summed E-state index contributed by atoms with van der Waals surface area (Å²) >= 11 is 0. The van der Waals surface area contributed by atoms with Gasteiger partial charge in [-0.25, -0.2) is 9.37 Å². The fraction of sp³-hybridized carbons (Fsp3) is 0. The van der Waals surface area contributed by atoms with Gasteiger partial charge in [0.25, 0.3) is 5.56 Å². The molecule has 1 N–H and O–H groups in total. The van der Waals surface area contributed by atoms with E-state index in [2.05, 4.69) is 9.97 Å². The Balaban J connectivity index is 1.88. The van der Waals surface area contributed by atoms with Crippen LogP contribution in [0.2, 0.25) is 0 Å². The number of halogens is 1. The van der Waals surface area contributed by atoms with Gasteiger partial charge in [-0.1, -0.05) is 0 Å². The van der Waals surface area contributed by atoms with Crippen molar-refractivity contribution in [1.29, 1.82) is 0 Å². The van der Waals surface area contributed by atoms with Crippen molar-refractivity contribution < 1.29 is 9.13 Å². The average Bonchev–Trinajstić information content (AvgIpc) is 2.57. The van der Waals surface area contributed by atoms with Crippen LogP contribution >= 0.6 is 0 Å². The van der Waals surface area contributed by atoms with Crippen molar-refractivity contribution in [3.8, 4) is 11.5 Å². The smallest absolute Gasteiger partial charge is 0.257 e. The van der Waals surface area contributed by atoms with Crippen LogP contribution in [-0.2, 0) is 0 Å². The van der Waals surface area contributed by atoms with Crippen LogP contribution in [0.5, 0.6) is 11.5 Å². The molecule has 0 atom stereocenters. The number of nitrogens with zero attached hydrogens (tertiary/aromatic N) is 1. The topological polar surface area (TPSA) is 55.0 Å². The van der Waals surface area contributed by atoms with Gasteiger partial charge in [-0.05, 0) is 54.6 Å². The lowest BCUT2D eigenvalue weighted by Crippen LogP contribution is -2.07. The molecule has 0 aliphatic heterocycles. The van der Waals surface area contributed by atoms with Crippen LogP contribution in [0.4, 0.5) is 4.39 Å². The Morgan fingerprint density at radius 3 is 2.52 bits per heavy atom. The zero-order chi connectivity index (χ0) is 15.8. The molecule has 0 bridgehead atoms. The summed E-state index contributed by atoms with van der Waals surface area (Å²) in [6.07, 6.45) is 1.63. The van der Waals surface area contributed by atoms with Crippen LogP contribution in [-0.4, -0.2) is 9.97 Å². The highest BCUT2D eigenvalue weighted by molar-refractivity contribution is 6.04. The Morgan fingerprint density at radius 1 is 0.913 bits per heavy atom. The minimum atomic E-state index is -0.320. The molecule has 112 valence electrons. The third-order valence-electron chi connectivity index (χ3n) is 3.61. The van der Waals surface area contributed by atoms with Crippen molar-refractivity contribution in [2.24, 2.45) is 0 Å². The minimum absolute atomic E-state index is 0.195. The van der Waals surface area contributed by atoms with Crippen molar-refractivity contribution in [2.45, 2.75) is 0 Å². The lowest BCUT2D eigenvalue weighted by atomic mass is 10.1. The van der Waals surface area contributed by atoms with E-state index in [4.69, 9.17) is 4.74 Å². The Morgan fingerprint density at radius 2 is 1.70 bits per heavy atom. The summed E-state index contributed by atoms with van der Waals surface area (Å²) in [6.45, 7) is 0. The van der Waals surface area contributed by atoms with E-state index in [-0.39, 0.29) is 11.4 Å². The molecule has 23 heavy (non-hydrogen) atoms. The van der Waals surface area contributed by atoms with Gasteiger partial charge in [0, 0.05) is 22.4 Å². The molecule has 0 amide bonds. The van der Waals surface area contributed by atoms with Crippen LogP contribution in [0.3, 0.4) is 0 Å². The predicted octanol–water partition coefficient (Wildman–Crippen LogP) is 4.01. The van der Waals surface area contributed by atoms with E-state index in [0.29, 0.717) is 22.5 Å². The molecule has 2 aromatic carbocycles. The summed E-state index contributed by atoms with van der Waals surface area (Å²) < 4.78 is 18.7. The minimum Gasteiger partial charge on any atom is -0.457 e. The third kappa shape index (κ3) is 2.42. The molecule has 2 heterocycles. The summed E-state index contributed by atoms with van der Waals surface area (Å²) in [7, 11) is 0. The number of ether oxygens (including phenoxy) is 1. The number of pyridine rings is 2. The van der Waals surface area contributed by atoms with Crippen molar-refractivity contribution in [3.05, 3.63) is 77.0 Å². The number of hydrogen-bond acceptors (Lipinski definition) is 3. The number of aromatic amines is 1. The fourth-order valence-electron chi connectivity index (χ4n) is 2.54. The largest absolute Gasteiger partial charge is 0.457 e. The zero-order valence-corrected chi connectivity index (χ0v) is 11.9. The number of benzene rings is 2. The predicted molar refractivity (Wildman–Crippen MR) is 86.3 cm³/mol. The second-order valence-corrected chi connectivity index (χ2v) is 5.12. The first kappa shape index (κ1) is 13.5. The van der Waals surface area contributed by atoms with Crippen molar-refractivity contribution in [1.82, 2.24) is 9.97 Å². The van der Waals surface area contributed by atoms with Gasteiger partial charge in [-0.2, -0.15) is 0 Å². The summed E-state index contributed by atoms with van der Waals surface area (Å²) in [5, 5.41) is 2.17. The molecule has 0 unspecified atom stereocenters. The number of aromatic nitrogens is 2. The summed E-state index contributed by atoms with van der Waals surface area (Å²) in [4.78, 5) is 19.1. The van der Waals surface area contributed by atoms with Gasteiger partial charge in [-0.15, -0.1) is 0 Å². The van der Waals surface area contributed by atoms with E-state index in [1.807, 2.05) is 12.1 Å². The highest BCUT2D eigenvalue weighted by atomic mass is 19.1. The Kier molecular flexibility index (Phi) is 3.05. The van der Waals surface area contributed by atoms with E-state index in [9.17, 15) is 9.18 Å². The average molecular weight is 306 g/mol. The molecule has 0 spiro atoms. The van der Waals surface area contributed by atoms with E-state index in [0.717, 1.165) is 10.8 Å². The lowest BCUT2D eigenvalue weighted by molar-refractivity contribution is 0.481. The van der Waals surface area contributed by atoms with Gasteiger partial charge in [0.1, 0.15) is 23.0 Å². The van der Waals surface area contributed by atoms with Gasteiger partial charge in [0.05, 0.1) is 0 Å². The SMILES string of the molecule is O=c1[nH]c2ncccc2c2cc(Oc3ccc(F)cc3)ccc12. The van der Waals surface area contributed by atoms with Crippen LogP contribution < -0.4 is 10.3 Å². The highest BCUT2D eigenvalue weighted by Crippen LogP contribution is 2.27. The fourth-order valence-corrected chi connectivity index (χ4v) is 2.54. The first-order valence-electron chi connectivity index (χ1n) is 7.05. The molecular weight excluding hydrogens is 295 g/mol. The van der Waals surface area contributed by atoms with Crippen LogP contribution in [0.15, 0.2) is 65.6 Å². The highest BCUT2D eigenvalue weighted by Gasteiger charge is 2.07. The van der Waals surface area contributed by atoms with E-state index in [1.54, 1.807) is 36.5 Å². The maximum atomic E-state index is 13.0. The molecule has 2 aromatic heterocycles. The molecule has 0 aliphatic carbocycles. The summed E-state index contributed by atoms with van der Waals surface area (Å²) in [5.41, 5.74) is 0.337. The molecule has 4 rings (SSSR count). The lowest BCUT2D eigenvalue weighted by Gasteiger charge is -2.08. The monoisotopic (exact) mass is 306 g/mol. The quantitative estimate of drug-likeness (QED) is 0.569. The molecule has 4 aromatic rings. The number of rotatable bonds is 2. The van der Waals surface area contributed by atoms with E-state index < -0.39 is 0 Å². The normalized spacial score (nSPS) is 11.0. The Bertz CT molecular complexity index is 1070. The van der Waals surface area contributed by atoms with Crippen LogP contribution in [0, 0.1) is 5.82 Å². The van der Waals surface area contributed by atoms with Gasteiger partial charge in [-0.3, -0.25) is 4.79 Å². The third-order valence-corrected chi connectivity index (χ3v) is 3.61. The van der Waals surface area contributed by atoms with E-state index >= 15 is 0 Å². The van der Waals surface area contributed by atoms with E-state index in [1.165, 1.54) is 12.1 Å². The molecule has 0 saturated heterocycles. The van der Waals surface area contributed by atoms with Gasteiger partial charge in [0.2, 0.25) is 0 Å². The molecule has 4 nitrogen and oxygen atoms in total. The molecule has 0 radical (unpaired) electrons. The maximum Gasteiger partial charge on any atom is 0.257 e. The zero-order valence-electron chi connectivity index (χ0n) is 11.9. The molecular formula is C18H11FN2O2. The van der Waals surface area contributed by atoms with Crippen LogP contribution in [0.25, 0.3) is 21.8 Å². The molecule has 0 aliphatic rings. The second-order valence-electron chi connectivity index (χ2n) is 5.12. The van der Waals surface area contributed by atoms with Gasteiger partial charge >= 0.3 is 0 Å². The van der Waals surface area contributed by atoms with Gasteiger partial charge in [0.15, 0.2) is 0 Å². The Labute approximate surface area is 130 Å². The molecule has 5 heteroatoms. The standard InChI is InChI=1S/C18H11FN2O2/c19-11-3-5-12(6-4-11)23-13-7-8-15-16(10-13)14-2-1-9-20-17(14)21-18(15)22/h1-10H,(H,20,21,22). The summed E-state index contributed by atoms with van der Waals surface area (Å²) in [6, 6.07) is 14.7. The van der Waals surface area contributed by atoms with Crippen molar-refractivity contribution in [3.63, 3.8) is 0 Å². The Hall–Kier alpha value is -3.21. The summed E-state index contributed by atoms with van der Waals surface area (Å²) in [5.74, 6) is 0.775.